The van der Waals surface area contributed by atoms with Gasteiger partial charge in [0.2, 0.25) is 0 Å². The molecular formula is C15H14ClN3. The second-order valence-electron chi connectivity index (χ2n) is 4.36. The molecular weight excluding hydrogens is 258 g/mol. The van der Waals surface area contributed by atoms with Crippen molar-refractivity contribution >= 4 is 17.8 Å². The molecule has 0 spiro atoms. The van der Waals surface area contributed by atoms with Crippen LogP contribution in [-0.4, -0.2) is 11.2 Å². The Morgan fingerprint density at radius 2 is 2.26 bits per heavy atom. The summed E-state index contributed by atoms with van der Waals surface area (Å²) < 4.78 is 0. The molecule has 1 aliphatic heterocycles. The van der Waals surface area contributed by atoms with Crippen LogP contribution in [-0.2, 0) is 6.42 Å². The van der Waals surface area contributed by atoms with E-state index in [2.05, 4.69) is 16.0 Å². The van der Waals surface area contributed by atoms with E-state index in [0.29, 0.717) is 5.03 Å². The lowest BCUT2D eigenvalue weighted by molar-refractivity contribution is 0.981. The number of nitriles is 1. The molecule has 0 bridgehead atoms. The summed E-state index contributed by atoms with van der Waals surface area (Å²) in [6, 6.07) is 4.12. The third-order valence-corrected chi connectivity index (χ3v) is 3.14. The first-order chi connectivity index (χ1) is 9.19. The third kappa shape index (κ3) is 3.70. The van der Waals surface area contributed by atoms with Crippen LogP contribution in [0.5, 0.6) is 0 Å². The van der Waals surface area contributed by atoms with Gasteiger partial charge in [0.25, 0.3) is 0 Å². The van der Waals surface area contributed by atoms with Crippen LogP contribution in [0.1, 0.15) is 17.7 Å². The minimum atomic E-state index is 0.251. The SMILES string of the molecule is Cc1cc(CCC2=C\C=C\C(Cl)=C(C#N)/N=C\2)c[nH]1. The number of hydrogen-bond acceptors (Lipinski definition) is 2. The lowest BCUT2D eigenvalue weighted by atomic mass is 10.1. The second kappa shape index (κ2) is 6.21. The highest BCUT2D eigenvalue weighted by Crippen LogP contribution is 2.16. The molecule has 3 nitrogen and oxygen atoms in total. The van der Waals surface area contributed by atoms with Gasteiger partial charge in [-0.25, -0.2) is 4.99 Å². The summed E-state index contributed by atoms with van der Waals surface area (Å²) >= 11 is 5.91. The smallest absolute Gasteiger partial charge is 0.159 e. The van der Waals surface area contributed by atoms with Crippen molar-refractivity contribution in [3.63, 3.8) is 0 Å². The molecule has 1 aromatic rings. The molecule has 2 heterocycles. The van der Waals surface area contributed by atoms with E-state index in [0.717, 1.165) is 24.1 Å². The van der Waals surface area contributed by atoms with Crippen LogP contribution in [0.15, 0.2) is 51.8 Å². The van der Waals surface area contributed by atoms with Crippen LogP contribution in [0, 0.1) is 18.3 Å². The van der Waals surface area contributed by atoms with Crippen LogP contribution in [0.2, 0.25) is 0 Å². The number of hydrogen-bond donors (Lipinski definition) is 1. The highest BCUT2D eigenvalue weighted by molar-refractivity contribution is 6.31. The molecule has 1 N–H and O–H groups in total. The van der Waals surface area contributed by atoms with Crippen molar-refractivity contribution in [1.82, 2.24) is 4.98 Å². The molecule has 1 aliphatic rings. The summed E-state index contributed by atoms with van der Waals surface area (Å²) in [5.74, 6) is 0. The second-order valence-corrected chi connectivity index (χ2v) is 4.77. The molecule has 4 heteroatoms. The van der Waals surface area contributed by atoms with Gasteiger partial charge in [-0.3, -0.25) is 0 Å². The van der Waals surface area contributed by atoms with Crippen LogP contribution in [0.25, 0.3) is 0 Å². The monoisotopic (exact) mass is 271 g/mol. The van der Waals surface area contributed by atoms with E-state index >= 15 is 0 Å². The molecule has 19 heavy (non-hydrogen) atoms. The van der Waals surface area contributed by atoms with Crippen LogP contribution in [0.3, 0.4) is 0 Å². The van der Waals surface area contributed by atoms with Gasteiger partial charge in [0.15, 0.2) is 5.70 Å². The Kier molecular flexibility index (Phi) is 4.38. The molecule has 0 fully saturated rings. The molecule has 0 atom stereocenters. The van der Waals surface area contributed by atoms with Gasteiger partial charge >= 0.3 is 0 Å². The van der Waals surface area contributed by atoms with Crippen molar-refractivity contribution in [2.75, 3.05) is 0 Å². The van der Waals surface area contributed by atoms with Crippen LogP contribution >= 0.6 is 11.6 Å². The molecule has 0 saturated carbocycles. The van der Waals surface area contributed by atoms with Gasteiger partial charge in [-0.05, 0) is 43.0 Å². The highest BCUT2D eigenvalue weighted by atomic mass is 35.5. The van der Waals surface area contributed by atoms with Crippen molar-refractivity contribution in [1.29, 1.82) is 5.26 Å². The average molecular weight is 272 g/mol. The maximum atomic E-state index is 8.91. The number of rotatable bonds is 3. The number of H-pyrrole nitrogens is 1. The Morgan fingerprint density at radius 3 is 2.95 bits per heavy atom. The number of aliphatic imine (C=N–C) groups is 1. The van der Waals surface area contributed by atoms with Crippen molar-refractivity contribution in [2.45, 2.75) is 19.8 Å². The fourth-order valence-corrected chi connectivity index (χ4v) is 1.98. The van der Waals surface area contributed by atoms with Gasteiger partial charge in [-0.1, -0.05) is 23.8 Å². The van der Waals surface area contributed by atoms with E-state index in [-0.39, 0.29) is 5.70 Å². The van der Waals surface area contributed by atoms with E-state index < -0.39 is 0 Å². The van der Waals surface area contributed by atoms with Crippen molar-refractivity contribution in [3.8, 4) is 6.07 Å². The summed E-state index contributed by atoms with van der Waals surface area (Å²) in [4.78, 5) is 7.28. The largest absolute Gasteiger partial charge is 0.365 e. The molecule has 0 radical (unpaired) electrons. The Hall–Kier alpha value is -2.05. The average Bonchev–Trinajstić information content (AvgIpc) is 2.79. The summed E-state index contributed by atoms with van der Waals surface area (Å²) in [7, 11) is 0. The quantitative estimate of drug-likeness (QED) is 0.893. The van der Waals surface area contributed by atoms with Gasteiger partial charge in [-0.2, -0.15) is 5.26 Å². The molecule has 0 amide bonds. The fourth-order valence-electron chi connectivity index (χ4n) is 1.82. The van der Waals surface area contributed by atoms with Gasteiger partial charge in [0.1, 0.15) is 6.07 Å². The Labute approximate surface area is 117 Å². The molecule has 0 unspecified atom stereocenters. The number of nitrogens with one attached hydrogen (secondary N) is 1. The normalized spacial score (nSPS) is 24.8. The lowest BCUT2D eigenvalue weighted by Crippen LogP contribution is -1.92. The van der Waals surface area contributed by atoms with E-state index in [1.54, 1.807) is 12.3 Å². The first-order valence-corrected chi connectivity index (χ1v) is 6.42. The number of aryl methyl sites for hydroxylation is 2. The molecule has 2 rings (SSSR count). The molecule has 96 valence electrons. The Bertz CT molecular complexity index is 624. The molecule has 0 saturated heterocycles. The first-order valence-electron chi connectivity index (χ1n) is 6.04. The summed E-state index contributed by atoms with van der Waals surface area (Å²) in [6.45, 7) is 2.04. The minimum Gasteiger partial charge on any atom is -0.365 e. The van der Waals surface area contributed by atoms with E-state index in [4.69, 9.17) is 16.9 Å². The number of aromatic nitrogens is 1. The van der Waals surface area contributed by atoms with Gasteiger partial charge in [0.05, 0.1) is 5.03 Å². The lowest BCUT2D eigenvalue weighted by Gasteiger charge is -2.02. The molecule has 1 aromatic heterocycles. The van der Waals surface area contributed by atoms with Gasteiger partial charge in [0, 0.05) is 18.1 Å². The number of nitrogens with zero attached hydrogens (tertiary/aromatic N) is 2. The zero-order valence-corrected chi connectivity index (χ0v) is 11.4. The van der Waals surface area contributed by atoms with Gasteiger partial charge in [-0.15, -0.1) is 0 Å². The topological polar surface area (TPSA) is 51.9 Å². The number of allylic oxidation sites excluding steroid dienone is 6. The highest BCUT2D eigenvalue weighted by Gasteiger charge is 2.03. The summed E-state index contributed by atoms with van der Waals surface area (Å²) in [5.41, 5.74) is 3.76. The minimum absolute atomic E-state index is 0.251. The maximum absolute atomic E-state index is 8.91. The number of aromatic amines is 1. The third-order valence-electron chi connectivity index (χ3n) is 2.83. The van der Waals surface area contributed by atoms with Crippen molar-refractivity contribution < 1.29 is 0 Å². The van der Waals surface area contributed by atoms with Crippen LogP contribution in [0.4, 0.5) is 0 Å². The predicted molar refractivity (Wildman–Crippen MR) is 78.1 cm³/mol. The van der Waals surface area contributed by atoms with Crippen LogP contribution < -0.4 is 0 Å². The van der Waals surface area contributed by atoms with Gasteiger partial charge < -0.3 is 4.98 Å². The van der Waals surface area contributed by atoms with E-state index in [1.165, 1.54) is 5.56 Å². The number of halogens is 1. The summed E-state index contributed by atoms with van der Waals surface area (Å²) in [6.07, 6.45) is 11.1. The van der Waals surface area contributed by atoms with Crippen molar-refractivity contribution in [3.05, 3.63) is 58.1 Å². The fraction of sp³-hybridized carbons (Fsp3) is 0.200. The predicted octanol–water partition coefficient (Wildman–Crippen LogP) is 3.80. The zero-order valence-electron chi connectivity index (χ0n) is 10.7. The molecule has 0 aromatic carbocycles. The van der Waals surface area contributed by atoms with Crippen molar-refractivity contribution in [2.24, 2.45) is 4.99 Å². The van der Waals surface area contributed by atoms with E-state index in [9.17, 15) is 0 Å². The molecule has 0 aliphatic carbocycles. The van der Waals surface area contributed by atoms with E-state index in [1.807, 2.05) is 31.3 Å². The Balaban J connectivity index is 2.04. The summed E-state index contributed by atoms with van der Waals surface area (Å²) in [5, 5.41) is 9.28. The first kappa shape index (κ1) is 13.4. The standard InChI is InChI=1S/C15H14ClN3/c1-11-7-13(10-18-11)6-5-12-3-2-4-14(16)15(8-17)19-9-12/h2-4,7,9-10,18H,5-6H2,1H3/b3-2?,4-2+,12-3+,12-9?,14-4?,15-14+,19-9-,19-15?. The Morgan fingerprint density at radius 1 is 1.42 bits per heavy atom. The zero-order chi connectivity index (χ0) is 13.7. The maximum Gasteiger partial charge on any atom is 0.159 e.